The molecule has 0 saturated heterocycles. The number of hydrogen-bond acceptors (Lipinski definition) is 4. The topological polar surface area (TPSA) is 66.8 Å². The number of phenols is 2. The van der Waals surface area contributed by atoms with Crippen molar-refractivity contribution in [3.63, 3.8) is 0 Å². The molecular formula is C26H38O4. The molecule has 0 bridgehead atoms. The molecule has 0 fully saturated rings. The van der Waals surface area contributed by atoms with Gasteiger partial charge in [-0.05, 0) is 66.7 Å². The minimum atomic E-state index is -0.504. The molecule has 1 aromatic rings. The smallest absolute Gasteiger partial charge is 0.173 e. The van der Waals surface area contributed by atoms with Gasteiger partial charge in [0.15, 0.2) is 5.78 Å². The van der Waals surface area contributed by atoms with Crippen LogP contribution in [-0.2, 0) is 6.42 Å². The second-order valence-electron chi connectivity index (χ2n) is 9.42. The zero-order valence-electron chi connectivity index (χ0n) is 19.6. The normalized spacial score (nSPS) is 21.2. The summed E-state index contributed by atoms with van der Waals surface area (Å²) in [6.45, 7) is 14.2. The van der Waals surface area contributed by atoms with Gasteiger partial charge in [-0.1, -0.05) is 37.1 Å². The quantitative estimate of drug-likeness (QED) is 0.365. The van der Waals surface area contributed by atoms with E-state index in [4.69, 9.17) is 4.74 Å². The Morgan fingerprint density at radius 1 is 1.20 bits per heavy atom. The lowest BCUT2D eigenvalue weighted by Gasteiger charge is -2.43. The zero-order valence-corrected chi connectivity index (χ0v) is 19.6. The minimum absolute atomic E-state index is 0.00301. The first-order valence-electron chi connectivity index (χ1n) is 11.1. The molecule has 0 aromatic heterocycles. The lowest BCUT2D eigenvalue weighted by atomic mass is 9.75. The summed E-state index contributed by atoms with van der Waals surface area (Å²) in [5.74, 6) is -0.0461. The highest BCUT2D eigenvalue weighted by atomic mass is 16.5. The van der Waals surface area contributed by atoms with Crippen LogP contribution in [0.2, 0.25) is 0 Å². The van der Waals surface area contributed by atoms with Gasteiger partial charge < -0.3 is 14.9 Å². The molecule has 0 radical (unpaired) electrons. The molecule has 3 unspecified atom stereocenters. The van der Waals surface area contributed by atoms with Crippen LogP contribution in [0.5, 0.6) is 17.2 Å². The number of Topliss-reactive ketones (excluding diaryl/α,β-unsaturated/α-hetero) is 1. The highest BCUT2D eigenvalue weighted by molar-refractivity contribution is 6.03. The van der Waals surface area contributed by atoms with E-state index in [0.717, 1.165) is 19.3 Å². The third kappa shape index (κ3) is 5.27. The number of carbonyl (C=O) groups excluding carboxylic acids is 1. The molecule has 30 heavy (non-hydrogen) atoms. The van der Waals surface area contributed by atoms with E-state index in [2.05, 4.69) is 46.8 Å². The minimum Gasteiger partial charge on any atom is -0.507 e. The van der Waals surface area contributed by atoms with Crippen molar-refractivity contribution in [2.75, 3.05) is 0 Å². The van der Waals surface area contributed by atoms with Gasteiger partial charge in [0, 0.05) is 23.5 Å². The Bertz CT molecular complexity index is 841. The second kappa shape index (κ2) is 9.72. The Kier molecular flexibility index (Phi) is 7.79. The van der Waals surface area contributed by atoms with Gasteiger partial charge in [0.25, 0.3) is 0 Å². The fourth-order valence-corrected chi connectivity index (χ4v) is 4.04. The zero-order chi connectivity index (χ0) is 22.6. The van der Waals surface area contributed by atoms with Gasteiger partial charge >= 0.3 is 0 Å². The number of ketones is 1. The molecule has 2 rings (SSSR count). The molecule has 1 heterocycles. The number of benzene rings is 1. The lowest BCUT2D eigenvalue weighted by molar-refractivity contribution is 0.00179. The van der Waals surface area contributed by atoms with Crippen LogP contribution in [0, 0.1) is 11.8 Å². The molecule has 3 atom stereocenters. The Labute approximate surface area is 181 Å². The number of rotatable bonds is 8. The van der Waals surface area contributed by atoms with Crippen LogP contribution >= 0.6 is 0 Å². The fourth-order valence-electron chi connectivity index (χ4n) is 4.04. The number of carbonyl (C=O) groups is 1. The number of fused-ring (bicyclic) bond motifs is 1. The molecule has 0 amide bonds. The molecule has 0 spiro atoms. The number of phenolic OH excluding ortho intramolecular Hbond substituents is 2. The van der Waals surface area contributed by atoms with Crippen molar-refractivity contribution in [1.29, 1.82) is 0 Å². The van der Waals surface area contributed by atoms with E-state index in [0.29, 0.717) is 24.2 Å². The van der Waals surface area contributed by atoms with Crippen LogP contribution in [-0.4, -0.2) is 21.6 Å². The summed E-state index contributed by atoms with van der Waals surface area (Å²) in [7, 11) is 0. The number of ether oxygens (including phenoxy) is 1. The molecule has 0 aliphatic carbocycles. The molecule has 4 heteroatoms. The van der Waals surface area contributed by atoms with Gasteiger partial charge in [-0.15, -0.1) is 0 Å². The molecule has 166 valence electrons. The predicted octanol–water partition coefficient (Wildman–Crippen LogP) is 6.74. The van der Waals surface area contributed by atoms with Gasteiger partial charge in [-0.2, -0.15) is 0 Å². The first kappa shape index (κ1) is 24.0. The number of allylic oxidation sites excluding steroid dienone is 4. The van der Waals surface area contributed by atoms with Crippen LogP contribution < -0.4 is 4.74 Å². The number of aromatic hydroxyl groups is 2. The third-order valence-corrected chi connectivity index (χ3v) is 6.30. The van der Waals surface area contributed by atoms with Gasteiger partial charge in [-0.25, -0.2) is 0 Å². The second-order valence-corrected chi connectivity index (χ2v) is 9.42. The van der Waals surface area contributed by atoms with Crippen molar-refractivity contribution < 1.29 is 19.7 Å². The molecule has 1 aliphatic heterocycles. The van der Waals surface area contributed by atoms with Crippen molar-refractivity contribution in [3.8, 4) is 17.2 Å². The Morgan fingerprint density at radius 2 is 1.83 bits per heavy atom. The first-order valence-corrected chi connectivity index (χ1v) is 11.1. The molecule has 4 nitrogen and oxygen atoms in total. The summed E-state index contributed by atoms with van der Waals surface area (Å²) in [5, 5.41) is 21.1. The van der Waals surface area contributed by atoms with Crippen molar-refractivity contribution in [3.05, 3.63) is 40.5 Å². The van der Waals surface area contributed by atoms with Crippen LogP contribution in [0.4, 0.5) is 0 Å². The first-order chi connectivity index (χ1) is 14.0. The molecular weight excluding hydrogens is 376 g/mol. The van der Waals surface area contributed by atoms with Crippen LogP contribution in [0.3, 0.4) is 0 Å². The predicted molar refractivity (Wildman–Crippen MR) is 122 cm³/mol. The summed E-state index contributed by atoms with van der Waals surface area (Å²) in [5.41, 5.74) is 2.85. The van der Waals surface area contributed by atoms with E-state index < -0.39 is 5.60 Å². The monoisotopic (exact) mass is 414 g/mol. The fraction of sp³-hybridized carbons (Fsp3) is 0.577. The Hall–Kier alpha value is -2.23. The van der Waals surface area contributed by atoms with Gasteiger partial charge in [-0.3, -0.25) is 4.79 Å². The maximum Gasteiger partial charge on any atom is 0.173 e. The van der Waals surface area contributed by atoms with E-state index in [1.807, 2.05) is 13.8 Å². The third-order valence-electron chi connectivity index (χ3n) is 6.30. The average molecular weight is 415 g/mol. The number of hydrogen-bond donors (Lipinski definition) is 2. The van der Waals surface area contributed by atoms with Gasteiger partial charge in [0.1, 0.15) is 28.4 Å². The van der Waals surface area contributed by atoms with Crippen LogP contribution in [0.1, 0.15) is 90.1 Å². The highest BCUT2D eigenvalue weighted by Crippen LogP contribution is 2.49. The summed E-state index contributed by atoms with van der Waals surface area (Å²) in [4.78, 5) is 13.1. The Balaban J connectivity index is 2.57. The van der Waals surface area contributed by atoms with Crippen molar-refractivity contribution in [2.24, 2.45) is 11.8 Å². The standard InChI is InChI=1S/C26H38O4/c1-8-18(6)24(29)23-22(28)15-21(27)20-14-19(12-11-17(4)5)26(7,30-25(20)23)13-9-10-16(2)3/h10-11,15,18-19,27-28H,8-9,12-14H2,1-7H3. The maximum atomic E-state index is 13.1. The van der Waals surface area contributed by atoms with Crippen molar-refractivity contribution in [2.45, 2.75) is 86.2 Å². The summed E-state index contributed by atoms with van der Waals surface area (Å²) < 4.78 is 6.56. The molecule has 1 aromatic carbocycles. The largest absolute Gasteiger partial charge is 0.507 e. The van der Waals surface area contributed by atoms with E-state index >= 15 is 0 Å². The maximum absolute atomic E-state index is 13.1. The van der Waals surface area contributed by atoms with Crippen LogP contribution in [0.15, 0.2) is 29.4 Å². The lowest BCUT2D eigenvalue weighted by Crippen LogP contribution is -2.45. The molecule has 1 aliphatic rings. The van der Waals surface area contributed by atoms with E-state index in [1.54, 1.807) is 0 Å². The van der Waals surface area contributed by atoms with E-state index in [1.165, 1.54) is 17.2 Å². The highest BCUT2D eigenvalue weighted by Gasteiger charge is 2.43. The van der Waals surface area contributed by atoms with Gasteiger partial charge in [0.05, 0.1) is 0 Å². The summed E-state index contributed by atoms with van der Waals surface area (Å²) in [6.07, 6.45) is 8.20. The van der Waals surface area contributed by atoms with E-state index in [9.17, 15) is 15.0 Å². The SMILES string of the molecule is CCC(C)C(=O)c1c(O)cc(O)c2c1OC(C)(CCC=C(C)C)C(CC=C(C)C)C2. The van der Waals surface area contributed by atoms with Crippen LogP contribution in [0.25, 0.3) is 0 Å². The van der Waals surface area contributed by atoms with Gasteiger partial charge in [0.2, 0.25) is 0 Å². The summed E-state index contributed by atoms with van der Waals surface area (Å²) in [6, 6.07) is 1.29. The Morgan fingerprint density at radius 3 is 2.40 bits per heavy atom. The van der Waals surface area contributed by atoms with Crippen molar-refractivity contribution >= 4 is 5.78 Å². The molecule has 2 N–H and O–H groups in total. The molecule has 0 saturated carbocycles. The van der Waals surface area contributed by atoms with E-state index in [-0.39, 0.29) is 34.7 Å². The van der Waals surface area contributed by atoms with Crippen molar-refractivity contribution in [1.82, 2.24) is 0 Å². The average Bonchev–Trinajstić information content (AvgIpc) is 2.65. The summed E-state index contributed by atoms with van der Waals surface area (Å²) >= 11 is 0.